The maximum absolute atomic E-state index is 6.40. The highest BCUT2D eigenvalue weighted by molar-refractivity contribution is 6.32. The predicted molar refractivity (Wildman–Crippen MR) is 99.0 cm³/mol. The number of fused-ring (bicyclic) bond motifs is 1. The molecular formula is C20H20ClNO2. The monoisotopic (exact) mass is 341 g/mol. The standard InChI is InChI=1S/C20H20ClNO2/c1-22-12-14-10-18(21)20(19(11-14)23-2)24-13-16-8-5-7-15-6-3-4-9-17(15)16/h3-11,22H,12-13H2,1-2H3. The molecule has 0 spiro atoms. The summed E-state index contributed by atoms with van der Waals surface area (Å²) in [4.78, 5) is 0. The molecule has 0 unspecified atom stereocenters. The number of benzene rings is 3. The van der Waals surface area contributed by atoms with Crippen molar-refractivity contribution in [3.8, 4) is 11.5 Å². The summed E-state index contributed by atoms with van der Waals surface area (Å²) in [5, 5.41) is 6.04. The highest BCUT2D eigenvalue weighted by Gasteiger charge is 2.13. The topological polar surface area (TPSA) is 30.5 Å². The molecule has 1 N–H and O–H groups in total. The van der Waals surface area contributed by atoms with Gasteiger partial charge in [0.15, 0.2) is 11.5 Å². The number of hydrogen-bond acceptors (Lipinski definition) is 3. The van der Waals surface area contributed by atoms with Crippen LogP contribution in [0.5, 0.6) is 11.5 Å². The summed E-state index contributed by atoms with van der Waals surface area (Å²) in [6.07, 6.45) is 0. The third-order valence-corrected chi connectivity index (χ3v) is 4.20. The third-order valence-electron chi connectivity index (χ3n) is 3.92. The minimum Gasteiger partial charge on any atom is -0.493 e. The van der Waals surface area contributed by atoms with E-state index in [0.29, 0.717) is 23.1 Å². The van der Waals surface area contributed by atoms with Crippen LogP contribution in [-0.2, 0) is 13.2 Å². The first kappa shape index (κ1) is 16.6. The molecule has 0 bridgehead atoms. The quantitative estimate of drug-likeness (QED) is 0.698. The van der Waals surface area contributed by atoms with Crippen molar-refractivity contribution in [2.45, 2.75) is 13.2 Å². The van der Waals surface area contributed by atoms with Crippen molar-refractivity contribution in [1.82, 2.24) is 5.32 Å². The smallest absolute Gasteiger partial charge is 0.180 e. The Morgan fingerprint density at radius 3 is 2.62 bits per heavy atom. The van der Waals surface area contributed by atoms with Crippen molar-refractivity contribution >= 4 is 22.4 Å². The van der Waals surface area contributed by atoms with Crippen LogP contribution in [-0.4, -0.2) is 14.2 Å². The molecule has 0 aliphatic heterocycles. The largest absolute Gasteiger partial charge is 0.493 e. The Labute approximate surface area is 147 Å². The molecule has 124 valence electrons. The van der Waals surface area contributed by atoms with E-state index in [1.165, 1.54) is 10.8 Å². The molecule has 0 radical (unpaired) electrons. The molecule has 3 rings (SSSR count). The van der Waals surface area contributed by atoms with Crippen LogP contribution >= 0.6 is 11.6 Å². The van der Waals surface area contributed by atoms with Gasteiger partial charge in [-0.25, -0.2) is 0 Å². The van der Waals surface area contributed by atoms with Gasteiger partial charge in [-0.1, -0.05) is 54.1 Å². The summed E-state index contributed by atoms with van der Waals surface area (Å²) in [5.41, 5.74) is 2.17. The van der Waals surface area contributed by atoms with Crippen LogP contribution in [0.25, 0.3) is 10.8 Å². The number of ether oxygens (including phenoxy) is 2. The van der Waals surface area contributed by atoms with Crippen LogP contribution in [0, 0.1) is 0 Å². The molecule has 3 aromatic carbocycles. The molecule has 0 fully saturated rings. The molecule has 0 aliphatic carbocycles. The fraction of sp³-hybridized carbons (Fsp3) is 0.200. The first-order valence-corrected chi connectivity index (χ1v) is 8.21. The lowest BCUT2D eigenvalue weighted by atomic mass is 10.1. The molecule has 0 heterocycles. The van der Waals surface area contributed by atoms with Crippen molar-refractivity contribution in [1.29, 1.82) is 0 Å². The molecule has 24 heavy (non-hydrogen) atoms. The van der Waals surface area contributed by atoms with E-state index in [9.17, 15) is 0 Å². The summed E-state index contributed by atoms with van der Waals surface area (Å²) in [6.45, 7) is 1.16. The Kier molecular flexibility index (Phi) is 5.24. The molecule has 0 saturated carbocycles. The van der Waals surface area contributed by atoms with Crippen LogP contribution in [0.3, 0.4) is 0 Å². The number of halogens is 1. The second kappa shape index (κ2) is 7.56. The van der Waals surface area contributed by atoms with Gasteiger partial charge in [-0.3, -0.25) is 0 Å². The zero-order valence-corrected chi connectivity index (χ0v) is 14.6. The lowest BCUT2D eigenvalue weighted by Crippen LogP contribution is -2.06. The van der Waals surface area contributed by atoms with E-state index in [1.807, 2.05) is 37.4 Å². The first-order chi connectivity index (χ1) is 11.7. The van der Waals surface area contributed by atoms with Crippen molar-refractivity contribution in [2.75, 3.05) is 14.2 Å². The highest BCUT2D eigenvalue weighted by atomic mass is 35.5. The van der Waals surface area contributed by atoms with Crippen molar-refractivity contribution in [3.05, 3.63) is 70.7 Å². The normalized spacial score (nSPS) is 10.8. The van der Waals surface area contributed by atoms with Crippen LogP contribution in [0.2, 0.25) is 5.02 Å². The van der Waals surface area contributed by atoms with Gasteiger partial charge >= 0.3 is 0 Å². The van der Waals surface area contributed by atoms with E-state index in [2.05, 4.69) is 29.6 Å². The van der Waals surface area contributed by atoms with Crippen molar-refractivity contribution in [3.63, 3.8) is 0 Å². The Balaban J connectivity index is 1.88. The van der Waals surface area contributed by atoms with Gasteiger partial charge in [0, 0.05) is 6.54 Å². The lowest BCUT2D eigenvalue weighted by molar-refractivity contribution is 0.285. The Morgan fingerprint density at radius 1 is 1.04 bits per heavy atom. The van der Waals surface area contributed by atoms with E-state index in [1.54, 1.807) is 7.11 Å². The second-order valence-corrected chi connectivity index (χ2v) is 5.97. The van der Waals surface area contributed by atoms with Gasteiger partial charge in [-0.05, 0) is 41.1 Å². The molecule has 3 nitrogen and oxygen atoms in total. The number of methoxy groups -OCH3 is 1. The fourth-order valence-corrected chi connectivity index (χ4v) is 3.08. The second-order valence-electron chi connectivity index (χ2n) is 5.57. The zero-order valence-electron chi connectivity index (χ0n) is 13.8. The Hall–Kier alpha value is -2.23. The lowest BCUT2D eigenvalue weighted by Gasteiger charge is -2.15. The van der Waals surface area contributed by atoms with E-state index in [4.69, 9.17) is 21.1 Å². The molecule has 4 heteroatoms. The van der Waals surface area contributed by atoms with Crippen LogP contribution < -0.4 is 14.8 Å². The number of rotatable bonds is 6. The van der Waals surface area contributed by atoms with E-state index < -0.39 is 0 Å². The van der Waals surface area contributed by atoms with Crippen LogP contribution in [0.1, 0.15) is 11.1 Å². The van der Waals surface area contributed by atoms with Gasteiger partial charge in [0.1, 0.15) is 6.61 Å². The molecule has 3 aromatic rings. The Bertz CT molecular complexity index is 843. The molecule has 0 atom stereocenters. The summed E-state index contributed by atoms with van der Waals surface area (Å²) >= 11 is 6.40. The summed E-state index contributed by atoms with van der Waals surface area (Å²) in [7, 11) is 3.52. The zero-order chi connectivity index (χ0) is 16.9. The number of hydrogen-bond donors (Lipinski definition) is 1. The minimum atomic E-state index is 0.433. The predicted octanol–water partition coefficient (Wildman–Crippen LogP) is 4.80. The van der Waals surface area contributed by atoms with Gasteiger partial charge < -0.3 is 14.8 Å². The van der Waals surface area contributed by atoms with Gasteiger partial charge in [0.05, 0.1) is 12.1 Å². The minimum absolute atomic E-state index is 0.433. The molecule has 0 amide bonds. The Morgan fingerprint density at radius 2 is 1.83 bits per heavy atom. The summed E-state index contributed by atoms with van der Waals surface area (Å²) < 4.78 is 11.5. The molecule has 0 saturated heterocycles. The number of nitrogens with one attached hydrogen (secondary N) is 1. The van der Waals surface area contributed by atoms with E-state index in [0.717, 1.165) is 17.7 Å². The van der Waals surface area contributed by atoms with Crippen molar-refractivity contribution < 1.29 is 9.47 Å². The first-order valence-electron chi connectivity index (χ1n) is 7.83. The van der Waals surface area contributed by atoms with Gasteiger partial charge in [0.25, 0.3) is 0 Å². The van der Waals surface area contributed by atoms with E-state index >= 15 is 0 Å². The maximum atomic E-state index is 6.40. The van der Waals surface area contributed by atoms with Gasteiger partial charge in [-0.2, -0.15) is 0 Å². The SMILES string of the molecule is CNCc1cc(Cl)c(OCc2cccc3ccccc23)c(OC)c1. The van der Waals surface area contributed by atoms with Crippen LogP contribution in [0.15, 0.2) is 54.6 Å². The fourth-order valence-electron chi connectivity index (χ4n) is 2.79. The van der Waals surface area contributed by atoms with E-state index in [-0.39, 0.29) is 0 Å². The molecule has 0 aliphatic rings. The third kappa shape index (κ3) is 3.48. The highest BCUT2D eigenvalue weighted by Crippen LogP contribution is 2.37. The summed E-state index contributed by atoms with van der Waals surface area (Å²) in [6, 6.07) is 18.3. The van der Waals surface area contributed by atoms with Gasteiger partial charge in [0.2, 0.25) is 0 Å². The summed E-state index contributed by atoms with van der Waals surface area (Å²) in [5.74, 6) is 1.22. The van der Waals surface area contributed by atoms with Crippen molar-refractivity contribution in [2.24, 2.45) is 0 Å². The average Bonchev–Trinajstić information content (AvgIpc) is 2.60. The van der Waals surface area contributed by atoms with Gasteiger partial charge in [-0.15, -0.1) is 0 Å². The maximum Gasteiger partial charge on any atom is 0.180 e. The molecule has 0 aromatic heterocycles. The van der Waals surface area contributed by atoms with Crippen LogP contribution in [0.4, 0.5) is 0 Å². The molecular weight excluding hydrogens is 322 g/mol. The average molecular weight is 342 g/mol.